The van der Waals surface area contributed by atoms with Crippen LogP contribution < -0.4 is 16.0 Å². The van der Waals surface area contributed by atoms with Crippen LogP contribution in [0.1, 0.15) is 6.92 Å². The van der Waals surface area contributed by atoms with Gasteiger partial charge in [-0.3, -0.25) is 10.2 Å². The molecule has 1 aromatic rings. The zero-order valence-electron chi connectivity index (χ0n) is 7.96. The zero-order valence-corrected chi connectivity index (χ0v) is 8.72. The number of hydrogen-bond acceptors (Lipinski definition) is 3. The summed E-state index contributed by atoms with van der Waals surface area (Å²) in [4.78, 5) is 11.0. The molecule has 0 aliphatic heterocycles. The number of nitrogens with two attached hydrogens (primary N) is 1. The summed E-state index contributed by atoms with van der Waals surface area (Å²) in [5, 5.41) is -0.0622. The van der Waals surface area contributed by atoms with Crippen molar-refractivity contribution >= 4 is 17.5 Å². The van der Waals surface area contributed by atoms with Gasteiger partial charge in [-0.25, -0.2) is 10.2 Å². The molecule has 1 amide bonds. The molecule has 1 rings (SSSR count). The van der Waals surface area contributed by atoms with Gasteiger partial charge in [0.15, 0.2) is 17.7 Å². The number of amides is 1. The standard InChI is InChI=1S/C9H10ClFN2O2/c1-5(9(14)13-12)15-7-4-2-3-6(10)8(7)11/h2-5H,12H2,1H3,(H,13,14). The molecule has 3 N–H and O–H groups in total. The quantitative estimate of drug-likeness (QED) is 0.468. The van der Waals surface area contributed by atoms with Crippen LogP contribution >= 0.6 is 11.6 Å². The summed E-state index contributed by atoms with van der Waals surface area (Å²) in [7, 11) is 0. The second-order valence-corrected chi connectivity index (χ2v) is 3.23. The predicted molar refractivity (Wildman–Crippen MR) is 53.8 cm³/mol. The maximum Gasteiger partial charge on any atom is 0.274 e. The summed E-state index contributed by atoms with van der Waals surface area (Å²) in [6.07, 6.45) is -0.886. The number of nitrogens with one attached hydrogen (secondary N) is 1. The number of hydrogen-bond donors (Lipinski definition) is 2. The van der Waals surface area contributed by atoms with Crippen LogP contribution in [0.15, 0.2) is 18.2 Å². The fourth-order valence-electron chi connectivity index (χ4n) is 0.936. The largest absolute Gasteiger partial charge is 0.478 e. The molecule has 1 aromatic carbocycles. The maximum atomic E-state index is 13.3. The van der Waals surface area contributed by atoms with E-state index >= 15 is 0 Å². The SMILES string of the molecule is CC(Oc1cccc(Cl)c1F)C(=O)NN. The molecule has 0 saturated carbocycles. The lowest BCUT2D eigenvalue weighted by Gasteiger charge is -2.13. The van der Waals surface area contributed by atoms with E-state index in [9.17, 15) is 9.18 Å². The van der Waals surface area contributed by atoms with Gasteiger partial charge in [0.2, 0.25) is 0 Å². The van der Waals surface area contributed by atoms with E-state index in [-0.39, 0.29) is 10.8 Å². The smallest absolute Gasteiger partial charge is 0.274 e. The average Bonchev–Trinajstić information content (AvgIpc) is 2.23. The van der Waals surface area contributed by atoms with Crippen LogP contribution in [-0.4, -0.2) is 12.0 Å². The number of rotatable bonds is 3. The van der Waals surface area contributed by atoms with Crippen molar-refractivity contribution in [2.24, 2.45) is 5.84 Å². The highest BCUT2D eigenvalue weighted by atomic mass is 35.5. The molecule has 1 unspecified atom stereocenters. The van der Waals surface area contributed by atoms with Gasteiger partial charge in [0.25, 0.3) is 5.91 Å². The topological polar surface area (TPSA) is 64.3 Å². The van der Waals surface area contributed by atoms with Crippen molar-refractivity contribution in [3.8, 4) is 5.75 Å². The minimum Gasteiger partial charge on any atom is -0.478 e. The van der Waals surface area contributed by atoms with E-state index in [1.54, 1.807) is 0 Å². The normalized spacial score (nSPS) is 12.0. The Labute approximate surface area is 91.1 Å². The Bertz CT molecular complexity index is 373. The van der Waals surface area contributed by atoms with Gasteiger partial charge in [-0.15, -0.1) is 0 Å². The molecule has 0 fully saturated rings. The minimum atomic E-state index is -0.886. The Hall–Kier alpha value is -1.33. The molecule has 0 aromatic heterocycles. The van der Waals surface area contributed by atoms with E-state index in [0.29, 0.717) is 0 Å². The van der Waals surface area contributed by atoms with Gasteiger partial charge in [-0.2, -0.15) is 0 Å². The molecule has 0 saturated heterocycles. The first-order chi connectivity index (χ1) is 7.06. The van der Waals surface area contributed by atoms with Gasteiger partial charge in [0.05, 0.1) is 5.02 Å². The molecule has 6 heteroatoms. The Kier molecular flexibility index (Phi) is 3.88. The molecule has 0 bridgehead atoms. The zero-order chi connectivity index (χ0) is 11.4. The van der Waals surface area contributed by atoms with Crippen LogP contribution in [0.3, 0.4) is 0 Å². The number of ether oxygens (including phenoxy) is 1. The third kappa shape index (κ3) is 2.81. The lowest BCUT2D eigenvalue weighted by atomic mass is 10.3. The highest BCUT2D eigenvalue weighted by Crippen LogP contribution is 2.24. The molecular formula is C9H10ClFN2O2. The summed E-state index contributed by atoms with van der Waals surface area (Å²) in [5.41, 5.74) is 1.90. The van der Waals surface area contributed by atoms with Crippen LogP contribution in [0.2, 0.25) is 5.02 Å². The van der Waals surface area contributed by atoms with Crippen molar-refractivity contribution in [2.45, 2.75) is 13.0 Å². The van der Waals surface area contributed by atoms with Crippen molar-refractivity contribution in [2.75, 3.05) is 0 Å². The number of benzene rings is 1. The van der Waals surface area contributed by atoms with E-state index < -0.39 is 17.8 Å². The summed E-state index contributed by atoms with van der Waals surface area (Å²) in [6, 6.07) is 4.28. The maximum absolute atomic E-state index is 13.3. The first-order valence-corrected chi connectivity index (χ1v) is 4.55. The second kappa shape index (κ2) is 4.95. The predicted octanol–water partition coefficient (Wildman–Crippen LogP) is 1.24. The van der Waals surface area contributed by atoms with Crippen molar-refractivity contribution < 1.29 is 13.9 Å². The molecule has 82 valence electrons. The van der Waals surface area contributed by atoms with Gasteiger partial charge in [0, 0.05) is 0 Å². The number of carbonyl (C=O) groups excluding carboxylic acids is 1. The second-order valence-electron chi connectivity index (χ2n) is 2.82. The molecule has 0 spiro atoms. The fourth-order valence-corrected chi connectivity index (χ4v) is 1.10. The highest BCUT2D eigenvalue weighted by molar-refractivity contribution is 6.30. The average molecular weight is 233 g/mol. The summed E-state index contributed by atoms with van der Waals surface area (Å²) in [5.74, 6) is 3.57. The third-order valence-corrected chi connectivity index (χ3v) is 2.02. The highest BCUT2D eigenvalue weighted by Gasteiger charge is 2.16. The van der Waals surface area contributed by atoms with E-state index in [1.807, 2.05) is 5.43 Å². The van der Waals surface area contributed by atoms with Gasteiger partial charge in [-0.05, 0) is 19.1 Å². The van der Waals surface area contributed by atoms with E-state index in [0.717, 1.165) is 0 Å². The molecular weight excluding hydrogens is 223 g/mol. The van der Waals surface area contributed by atoms with Crippen molar-refractivity contribution in [1.82, 2.24) is 5.43 Å². The molecule has 4 nitrogen and oxygen atoms in total. The first kappa shape index (κ1) is 11.7. The van der Waals surface area contributed by atoms with Crippen molar-refractivity contribution in [1.29, 1.82) is 0 Å². The van der Waals surface area contributed by atoms with Crippen molar-refractivity contribution in [3.63, 3.8) is 0 Å². The monoisotopic (exact) mass is 232 g/mol. The Morgan fingerprint density at radius 2 is 2.33 bits per heavy atom. The molecule has 0 radical (unpaired) electrons. The molecule has 0 aliphatic rings. The van der Waals surface area contributed by atoms with E-state index in [4.69, 9.17) is 22.2 Å². The Morgan fingerprint density at radius 1 is 1.67 bits per heavy atom. The van der Waals surface area contributed by atoms with E-state index in [1.165, 1.54) is 25.1 Å². The van der Waals surface area contributed by atoms with Crippen molar-refractivity contribution in [3.05, 3.63) is 29.0 Å². The number of carbonyl (C=O) groups is 1. The fraction of sp³-hybridized carbons (Fsp3) is 0.222. The Morgan fingerprint density at radius 3 is 2.93 bits per heavy atom. The van der Waals surface area contributed by atoms with Crippen LogP contribution in [0.25, 0.3) is 0 Å². The Balaban J connectivity index is 2.81. The number of halogens is 2. The molecule has 1 atom stereocenters. The van der Waals surface area contributed by atoms with Gasteiger partial charge in [-0.1, -0.05) is 17.7 Å². The lowest BCUT2D eigenvalue weighted by molar-refractivity contribution is -0.127. The molecule has 15 heavy (non-hydrogen) atoms. The molecule has 0 heterocycles. The van der Waals surface area contributed by atoms with Gasteiger partial charge in [0.1, 0.15) is 0 Å². The molecule has 0 aliphatic carbocycles. The lowest BCUT2D eigenvalue weighted by Crippen LogP contribution is -2.40. The van der Waals surface area contributed by atoms with E-state index in [2.05, 4.69) is 0 Å². The summed E-state index contributed by atoms with van der Waals surface area (Å²) < 4.78 is 18.3. The number of hydrazine groups is 1. The van der Waals surface area contributed by atoms with Crippen LogP contribution in [0, 0.1) is 5.82 Å². The summed E-state index contributed by atoms with van der Waals surface area (Å²) in [6.45, 7) is 1.45. The minimum absolute atomic E-state index is 0.0622. The van der Waals surface area contributed by atoms with Crippen LogP contribution in [-0.2, 0) is 4.79 Å². The first-order valence-electron chi connectivity index (χ1n) is 4.17. The van der Waals surface area contributed by atoms with Gasteiger partial charge < -0.3 is 4.74 Å². The third-order valence-electron chi connectivity index (χ3n) is 1.73. The van der Waals surface area contributed by atoms with Crippen LogP contribution in [0.5, 0.6) is 5.75 Å². The summed E-state index contributed by atoms with van der Waals surface area (Å²) >= 11 is 5.53. The van der Waals surface area contributed by atoms with Crippen LogP contribution in [0.4, 0.5) is 4.39 Å². The van der Waals surface area contributed by atoms with Gasteiger partial charge >= 0.3 is 0 Å².